The molecule has 2 fully saturated rings. The molecular weight excluding hydrogens is 338 g/mol. The monoisotopic (exact) mass is 359 g/mol. The van der Waals surface area contributed by atoms with Crippen molar-refractivity contribution in [1.82, 2.24) is 15.2 Å². The Morgan fingerprint density at radius 1 is 1.07 bits per heavy atom. The van der Waals surface area contributed by atoms with E-state index in [0.717, 1.165) is 40.9 Å². The first-order valence-corrected chi connectivity index (χ1v) is 9.54. The summed E-state index contributed by atoms with van der Waals surface area (Å²) in [5.74, 6) is 0.712. The van der Waals surface area contributed by atoms with Crippen molar-refractivity contribution < 1.29 is 4.63 Å². The quantitative estimate of drug-likeness (QED) is 0.712. The summed E-state index contributed by atoms with van der Waals surface area (Å²) in [6, 6.07) is 14.0. The molecule has 0 N–H and O–H groups in total. The fraction of sp³-hybridized carbons (Fsp3) is 0.381. The van der Waals surface area contributed by atoms with Gasteiger partial charge in [0.15, 0.2) is 5.52 Å². The average molecular weight is 359 g/mol. The number of anilines is 1. The van der Waals surface area contributed by atoms with Crippen LogP contribution in [0, 0.1) is 17.2 Å². The number of hydrogen-bond acceptors (Lipinski definition) is 6. The van der Waals surface area contributed by atoms with E-state index < -0.39 is 0 Å². The fourth-order valence-corrected chi connectivity index (χ4v) is 4.26. The van der Waals surface area contributed by atoms with E-state index in [0.29, 0.717) is 11.5 Å². The maximum Gasteiger partial charge on any atom is 0.158 e. The zero-order chi connectivity index (χ0) is 18.2. The van der Waals surface area contributed by atoms with Crippen LogP contribution in [-0.2, 0) is 0 Å². The van der Waals surface area contributed by atoms with Crippen LogP contribution in [0.25, 0.3) is 22.2 Å². The predicted molar refractivity (Wildman–Crippen MR) is 103 cm³/mol. The molecule has 0 unspecified atom stereocenters. The lowest BCUT2D eigenvalue weighted by molar-refractivity contribution is 0.247. The number of likely N-dealkylation sites (tertiary alicyclic amines) is 1. The molecule has 0 saturated carbocycles. The van der Waals surface area contributed by atoms with Crippen LogP contribution in [0.1, 0.15) is 18.4 Å². The lowest BCUT2D eigenvalue weighted by Gasteiger charge is -2.42. The van der Waals surface area contributed by atoms with Gasteiger partial charge >= 0.3 is 0 Å². The van der Waals surface area contributed by atoms with E-state index in [1.54, 1.807) is 0 Å². The van der Waals surface area contributed by atoms with E-state index in [4.69, 9.17) is 4.63 Å². The van der Waals surface area contributed by atoms with Gasteiger partial charge in [-0.3, -0.25) is 0 Å². The molecule has 0 aliphatic carbocycles. The summed E-state index contributed by atoms with van der Waals surface area (Å²) >= 11 is 0. The highest BCUT2D eigenvalue weighted by atomic mass is 16.6. The molecule has 136 valence electrons. The Labute approximate surface area is 157 Å². The molecule has 2 saturated heterocycles. The van der Waals surface area contributed by atoms with Crippen LogP contribution in [0.2, 0.25) is 0 Å². The van der Waals surface area contributed by atoms with Crippen molar-refractivity contribution in [3.8, 4) is 17.2 Å². The Kier molecular flexibility index (Phi) is 4.02. The van der Waals surface area contributed by atoms with Crippen LogP contribution in [0.4, 0.5) is 5.69 Å². The number of fused-ring (bicyclic) bond motifs is 1. The third kappa shape index (κ3) is 3.04. The smallest absolute Gasteiger partial charge is 0.158 e. The minimum Gasteiger partial charge on any atom is -0.369 e. The Hall–Kier alpha value is -2.91. The first-order chi connectivity index (χ1) is 13.3. The highest BCUT2D eigenvalue weighted by Gasteiger charge is 2.31. The van der Waals surface area contributed by atoms with Crippen molar-refractivity contribution in [3.63, 3.8) is 0 Å². The summed E-state index contributed by atoms with van der Waals surface area (Å²) in [5, 5.41) is 17.4. The molecule has 0 radical (unpaired) electrons. The number of rotatable bonds is 4. The molecule has 0 spiro atoms. The van der Waals surface area contributed by atoms with Gasteiger partial charge in [-0.15, -0.1) is 0 Å². The normalized spacial score (nSPS) is 18.0. The summed E-state index contributed by atoms with van der Waals surface area (Å²) in [6.45, 7) is 5.78. The zero-order valence-electron chi connectivity index (χ0n) is 15.1. The lowest BCUT2D eigenvalue weighted by Crippen LogP contribution is -2.51. The number of aromatic nitrogens is 2. The molecule has 2 aromatic carbocycles. The van der Waals surface area contributed by atoms with E-state index in [-0.39, 0.29) is 0 Å². The maximum atomic E-state index is 9.18. The van der Waals surface area contributed by atoms with Gasteiger partial charge in [0.05, 0.1) is 17.3 Å². The summed E-state index contributed by atoms with van der Waals surface area (Å²) in [7, 11) is 0. The second kappa shape index (κ2) is 6.67. The van der Waals surface area contributed by atoms with Crippen LogP contribution in [0.5, 0.6) is 0 Å². The topological polar surface area (TPSA) is 69.2 Å². The fourth-order valence-electron chi connectivity index (χ4n) is 4.26. The molecule has 0 amide bonds. The number of benzene rings is 2. The molecule has 3 heterocycles. The van der Waals surface area contributed by atoms with Gasteiger partial charge in [0, 0.05) is 25.6 Å². The molecular formula is C21H21N5O. The molecule has 27 heavy (non-hydrogen) atoms. The van der Waals surface area contributed by atoms with Crippen LogP contribution in [0.15, 0.2) is 41.0 Å². The Morgan fingerprint density at radius 3 is 2.74 bits per heavy atom. The molecule has 0 atom stereocenters. The molecule has 6 heteroatoms. The van der Waals surface area contributed by atoms with E-state index in [1.807, 2.05) is 30.3 Å². The summed E-state index contributed by atoms with van der Waals surface area (Å²) in [6.07, 6.45) is 2.68. The lowest BCUT2D eigenvalue weighted by atomic mass is 9.96. The molecule has 0 bridgehead atoms. The van der Waals surface area contributed by atoms with Gasteiger partial charge in [-0.2, -0.15) is 5.26 Å². The second-order valence-corrected chi connectivity index (χ2v) is 7.60. The van der Waals surface area contributed by atoms with Gasteiger partial charge in [0.2, 0.25) is 0 Å². The SMILES string of the molecule is N#Cc1cccc(-c2cc(N3CC(CN4CCCC4)C3)c3nonc3c2)c1. The van der Waals surface area contributed by atoms with E-state index in [2.05, 4.69) is 32.2 Å². The molecule has 6 nitrogen and oxygen atoms in total. The number of nitriles is 1. The third-order valence-corrected chi connectivity index (χ3v) is 5.68. The second-order valence-electron chi connectivity index (χ2n) is 7.60. The summed E-state index contributed by atoms with van der Waals surface area (Å²) in [4.78, 5) is 4.95. The zero-order valence-corrected chi connectivity index (χ0v) is 15.1. The van der Waals surface area contributed by atoms with Gasteiger partial charge in [-0.25, -0.2) is 4.63 Å². The van der Waals surface area contributed by atoms with Crippen molar-refractivity contribution in [1.29, 1.82) is 5.26 Å². The van der Waals surface area contributed by atoms with Crippen LogP contribution in [0.3, 0.4) is 0 Å². The Balaban J connectivity index is 1.42. The van der Waals surface area contributed by atoms with Crippen LogP contribution in [-0.4, -0.2) is 47.9 Å². The van der Waals surface area contributed by atoms with E-state index >= 15 is 0 Å². The van der Waals surface area contributed by atoms with Crippen molar-refractivity contribution >= 4 is 16.7 Å². The van der Waals surface area contributed by atoms with Crippen molar-refractivity contribution in [2.24, 2.45) is 5.92 Å². The van der Waals surface area contributed by atoms with Crippen molar-refractivity contribution in [2.45, 2.75) is 12.8 Å². The first kappa shape index (κ1) is 16.3. The standard InChI is InChI=1S/C21H21N5O/c22-11-15-4-3-5-17(8-15)18-9-19-21(24-27-23-19)20(10-18)26-13-16(14-26)12-25-6-1-2-7-25/h3-5,8-10,16H,1-2,6-7,12-14H2. The van der Waals surface area contributed by atoms with Crippen molar-refractivity contribution in [3.05, 3.63) is 42.0 Å². The summed E-state index contributed by atoms with van der Waals surface area (Å²) in [5.41, 5.74) is 5.34. The summed E-state index contributed by atoms with van der Waals surface area (Å²) < 4.78 is 5.01. The van der Waals surface area contributed by atoms with Gasteiger partial charge in [0.25, 0.3) is 0 Å². The van der Waals surface area contributed by atoms with Crippen molar-refractivity contribution in [2.75, 3.05) is 37.6 Å². The van der Waals surface area contributed by atoms with Crippen LogP contribution < -0.4 is 4.90 Å². The molecule has 2 aliphatic rings. The largest absolute Gasteiger partial charge is 0.369 e. The Bertz CT molecular complexity index is 1010. The predicted octanol–water partition coefficient (Wildman–Crippen LogP) is 3.29. The highest BCUT2D eigenvalue weighted by molar-refractivity contribution is 5.93. The van der Waals surface area contributed by atoms with Gasteiger partial charge in [-0.1, -0.05) is 12.1 Å². The molecule has 5 rings (SSSR count). The molecule has 1 aromatic heterocycles. The van der Waals surface area contributed by atoms with Gasteiger partial charge in [-0.05, 0) is 71.6 Å². The third-order valence-electron chi connectivity index (χ3n) is 5.68. The number of nitrogens with zero attached hydrogens (tertiary/aromatic N) is 5. The maximum absolute atomic E-state index is 9.18. The molecule has 2 aliphatic heterocycles. The van der Waals surface area contributed by atoms with Crippen LogP contribution >= 0.6 is 0 Å². The minimum absolute atomic E-state index is 0.655. The average Bonchev–Trinajstić information content (AvgIpc) is 3.35. The highest BCUT2D eigenvalue weighted by Crippen LogP contribution is 2.35. The first-order valence-electron chi connectivity index (χ1n) is 9.54. The molecule has 3 aromatic rings. The van der Waals surface area contributed by atoms with Gasteiger partial charge in [0.1, 0.15) is 5.52 Å². The van der Waals surface area contributed by atoms with E-state index in [1.165, 1.54) is 32.5 Å². The number of hydrogen-bond donors (Lipinski definition) is 0. The van der Waals surface area contributed by atoms with E-state index in [9.17, 15) is 5.26 Å². The van der Waals surface area contributed by atoms with Gasteiger partial charge < -0.3 is 9.80 Å². The Morgan fingerprint density at radius 2 is 1.93 bits per heavy atom. The minimum atomic E-state index is 0.655.